The number of amidine groups is 1. The first-order valence-electron chi connectivity index (χ1n) is 5.01. The van der Waals surface area contributed by atoms with Crippen LogP contribution in [0.15, 0.2) is 35.3 Å². The van der Waals surface area contributed by atoms with Crippen LogP contribution in [0.2, 0.25) is 0 Å². The van der Waals surface area contributed by atoms with Gasteiger partial charge < -0.3 is 5.73 Å². The third-order valence-electron chi connectivity index (χ3n) is 1.89. The van der Waals surface area contributed by atoms with Crippen molar-refractivity contribution in [3.63, 3.8) is 0 Å². The molecule has 1 rings (SSSR count). The summed E-state index contributed by atoms with van der Waals surface area (Å²) in [5.74, 6) is 1.30. The van der Waals surface area contributed by atoms with E-state index in [4.69, 9.17) is 5.73 Å². The zero-order valence-corrected chi connectivity index (χ0v) is 8.90. The van der Waals surface area contributed by atoms with E-state index in [1.54, 1.807) is 0 Å². The minimum Gasteiger partial charge on any atom is -0.387 e. The van der Waals surface area contributed by atoms with Gasteiger partial charge in [0.1, 0.15) is 0 Å². The van der Waals surface area contributed by atoms with E-state index >= 15 is 0 Å². The minimum atomic E-state index is 0.573. The zero-order valence-electron chi connectivity index (χ0n) is 8.90. The number of rotatable bonds is 4. The fourth-order valence-electron chi connectivity index (χ4n) is 1.16. The Bertz CT molecular complexity index is 288. The fourth-order valence-corrected chi connectivity index (χ4v) is 1.16. The van der Waals surface area contributed by atoms with Crippen LogP contribution in [-0.2, 0) is 6.42 Å². The highest BCUT2D eigenvalue weighted by Crippen LogP contribution is 2.00. The molecule has 2 heteroatoms. The molecule has 2 N–H and O–H groups in total. The van der Waals surface area contributed by atoms with Crippen molar-refractivity contribution < 1.29 is 0 Å². The van der Waals surface area contributed by atoms with Gasteiger partial charge in [-0.2, -0.15) is 0 Å². The SMILES string of the molecule is CC(C)CN=C(N)Cc1ccccc1. The van der Waals surface area contributed by atoms with Crippen LogP contribution in [0.4, 0.5) is 0 Å². The van der Waals surface area contributed by atoms with Gasteiger partial charge in [0.2, 0.25) is 0 Å². The van der Waals surface area contributed by atoms with Gasteiger partial charge in [-0.25, -0.2) is 0 Å². The maximum Gasteiger partial charge on any atom is 0.0981 e. The molecule has 1 aromatic rings. The molecule has 0 saturated carbocycles. The Hall–Kier alpha value is -1.31. The fraction of sp³-hybridized carbons (Fsp3) is 0.417. The molecule has 0 bridgehead atoms. The van der Waals surface area contributed by atoms with E-state index in [0.29, 0.717) is 5.92 Å². The van der Waals surface area contributed by atoms with Crippen LogP contribution in [0.5, 0.6) is 0 Å². The normalized spacial score (nSPS) is 12.1. The summed E-state index contributed by atoms with van der Waals surface area (Å²) in [6, 6.07) is 10.2. The van der Waals surface area contributed by atoms with Gasteiger partial charge in [-0.1, -0.05) is 44.2 Å². The van der Waals surface area contributed by atoms with Gasteiger partial charge in [0.05, 0.1) is 5.84 Å². The van der Waals surface area contributed by atoms with Crippen LogP contribution in [0.1, 0.15) is 19.4 Å². The molecule has 76 valence electrons. The van der Waals surface area contributed by atoms with Crippen molar-refractivity contribution in [1.82, 2.24) is 0 Å². The predicted molar refractivity (Wildman–Crippen MR) is 61.5 cm³/mol. The lowest BCUT2D eigenvalue weighted by molar-refractivity contribution is 0.664. The van der Waals surface area contributed by atoms with Crippen LogP contribution in [0.3, 0.4) is 0 Å². The summed E-state index contributed by atoms with van der Waals surface area (Å²) in [6.45, 7) is 5.09. The lowest BCUT2D eigenvalue weighted by Crippen LogP contribution is -2.16. The number of nitrogens with two attached hydrogens (primary N) is 1. The van der Waals surface area contributed by atoms with E-state index in [1.807, 2.05) is 18.2 Å². The van der Waals surface area contributed by atoms with E-state index in [0.717, 1.165) is 18.8 Å². The predicted octanol–water partition coefficient (Wildman–Crippen LogP) is 2.24. The molecular weight excluding hydrogens is 172 g/mol. The van der Waals surface area contributed by atoms with E-state index in [-0.39, 0.29) is 0 Å². The summed E-state index contributed by atoms with van der Waals surface area (Å²) in [5.41, 5.74) is 7.02. The van der Waals surface area contributed by atoms with Gasteiger partial charge in [-0.15, -0.1) is 0 Å². The Labute approximate surface area is 85.9 Å². The molecule has 0 unspecified atom stereocenters. The highest BCUT2D eigenvalue weighted by atomic mass is 14.8. The molecule has 2 nitrogen and oxygen atoms in total. The summed E-state index contributed by atoms with van der Waals surface area (Å²) in [5, 5.41) is 0. The quantitative estimate of drug-likeness (QED) is 0.574. The molecule has 0 aliphatic heterocycles. The molecule has 0 aromatic heterocycles. The maximum absolute atomic E-state index is 5.80. The third-order valence-corrected chi connectivity index (χ3v) is 1.89. The van der Waals surface area contributed by atoms with E-state index < -0.39 is 0 Å². The van der Waals surface area contributed by atoms with Gasteiger partial charge >= 0.3 is 0 Å². The van der Waals surface area contributed by atoms with Gasteiger partial charge in [-0.3, -0.25) is 4.99 Å². The van der Waals surface area contributed by atoms with Gasteiger partial charge in [0.25, 0.3) is 0 Å². The Morgan fingerprint density at radius 1 is 1.29 bits per heavy atom. The summed E-state index contributed by atoms with van der Waals surface area (Å²) in [7, 11) is 0. The first-order chi connectivity index (χ1) is 6.68. The second kappa shape index (κ2) is 5.43. The van der Waals surface area contributed by atoms with Gasteiger partial charge in [-0.05, 0) is 11.5 Å². The Morgan fingerprint density at radius 2 is 1.93 bits per heavy atom. The molecule has 1 aromatic carbocycles. The Balaban J connectivity index is 2.49. The number of nitrogens with zero attached hydrogens (tertiary/aromatic N) is 1. The van der Waals surface area contributed by atoms with Crippen molar-refractivity contribution >= 4 is 5.84 Å². The van der Waals surface area contributed by atoms with E-state index in [1.165, 1.54) is 5.56 Å². The molecule has 0 aliphatic carbocycles. The van der Waals surface area contributed by atoms with Crippen LogP contribution in [0.25, 0.3) is 0 Å². The smallest absolute Gasteiger partial charge is 0.0981 e. The van der Waals surface area contributed by atoms with Crippen molar-refractivity contribution in [2.24, 2.45) is 16.6 Å². The Kier molecular flexibility index (Phi) is 4.17. The largest absolute Gasteiger partial charge is 0.387 e. The van der Waals surface area contributed by atoms with Crippen molar-refractivity contribution in [2.45, 2.75) is 20.3 Å². The van der Waals surface area contributed by atoms with Crippen LogP contribution < -0.4 is 5.73 Å². The number of hydrogen-bond acceptors (Lipinski definition) is 1. The van der Waals surface area contributed by atoms with Gasteiger partial charge in [0.15, 0.2) is 0 Å². The van der Waals surface area contributed by atoms with E-state index in [2.05, 4.69) is 31.0 Å². The summed E-state index contributed by atoms with van der Waals surface area (Å²) in [6.07, 6.45) is 0.757. The second-order valence-electron chi connectivity index (χ2n) is 3.89. The molecule has 0 spiro atoms. The lowest BCUT2D eigenvalue weighted by Gasteiger charge is -2.03. The molecule has 0 fully saturated rings. The number of hydrogen-bond donors (Lipinski definition) is 1. The molecule has 0 heterocycles. The maximum atomic E-state index is 5.80. The van der Waals surface area contributed by atoms with Gasteiger partial charge in [0, 0.05) is 13.0 Å². The molecule has 14 heavy (non-hydrogen) atoms. The standard InChI is InChI=1S/C12H18N2/c1-10(2)9-14-12(13)8-11-6-4-3-5-7-11/h3-7,10H,8-9H2,1-2H3,(H2,13,14). The molecule has 0 atom stereocenters. The average Bonchev–Trinajstić information content (AvgIpc) is 2.16. The average molecular weight is 190 g/mol. The highest BCUT2D eigenvalue weighted by Gasteiger charge is 1.96. The Morgan fingerprint density at radius 3 is 2.50 bits per heavy atom. The van der Waals surface area contributed by atoms with Crippen molar-refractivity contribution in [3.05, 3.63) is 35.9 Å². The van der Waals surface area contributed by atoms with Crippen LogP contribution in [-0.4, -0.2) is 12.4 Å². The lowest BCUT2D eigenvalue weighted by atomic mass is 10.1. The topological polar surface area (TPSA) is 38.4 Å². The highest BCUT2D eigenvalue weighted by molar-refractivity contribution is 5.82. The zero-order chi connectivity index (χ0) is 10.4. The number of benzene rings is 1. The van der Waals surface area contributed by atoms with Crippen LogP contribution in [0, 0.1) is 5.92 Å². The summed E-state index contributed by atoms with van der Waals surface area (Å²) >= 11 is 0. The van der Waals surface area contributed by atoms with Crippen molar-refractivity contribution in [1.29, 1.82) is 0 Å². The van der Waals surface area contributed by atoms with Crippen molar-refractivity contribution in [3.8, 4) is 0 Å². The molecular formula is C12H18N2. The first kappa shape index (κ1) is 10.8. The van der Waals surface area contributed by atoms with E-state index in [9.17, 15) is 0 Å². The number of aliphatic imine (C=N–C) groups is 1. The molecule has 0 radical (unpaired) electrons. The summed E-state index contributed by atoms with van der Waals surface area (Å²) in [4.78, 5) is 4.31. The summed E-state index contributed by atoms with van der Waals surface area (Å²) < 4.78 is 0. The molecule has 0 amide bonds. The van der Waals surface area contributed by atoms with Crippen LogP contribution >= 0.6 is 0 Å². The molecule has 0 aliphatic rings. The first-order valence-corrected chi connectivity index (χ1v) is 5.01. The second-order valence-corrected chi connectivity index (χ2v) is 3.89. The van der Waals surface area contributed by atoms with Crippen molar-refractivity contribution in [2.75, 3.05) is 6.54 Å². The molecule has 0 saturated heterocycles. The third kappa shape index (κ3) is 4.08. The monoisotopic (exact) mass is 190 g/mol. The minimum absolute atomic E-state index is 0.573.